The fourth-order valence-electron chi connectivity index (χ4n) is 8.18. The monoisotopic (exact) mass is 887 g/mol. The number of hydrogen-bond acceptors (Lipinski definition) is 6. The van der Waals surface area contributed by atoms with E-state index >= 15 is 0 Å². The molecule has 0 bridgehead atoms. The molecule has 63 heavy (non-hydrogen) atoms. The lowest BCUT2D eigenvalue weighted by Gasteiger charge is -2.18. The smallest absolute Gasteiger partial charge is 0.306 e. The minimum absolute atomic E-state index is 0.0733. The Kier molecular flexibility index (Phi) is 50.8. The van der Waals surface area contributed by atoms with Gasteiger partial charge in [-0.2, -0.15) is 0 Å². The van der Waals surface area contributed by atoms with Crippen molar-refractivity contribution < 1.29 is 28.6 Å². The summed E-state index contributed by atoms with van der Waals surface area (Å²) in [6.07, 6.45) is 60.3. The molecule has 0 spiro atoms. The Hall–Kier alpha value is -2.11. The molecule has 0 radical (unpaired) electrons. The summed E-state index contributed by atoms with van der Waals surface area (Å²) in [5.41, 5.74) is 0. The van der Waals surface area contributed by atoms with Crippen molar-refractivity contribution in [3.63, 3.8) is 0 Å². The normalized spacial score (nSPS) is 12.1. The fraction of sp³-hybridized carbons (Fsp3) is 0.877. The lowest BCUT2D eigenvalue weighted by atomic mass is 10.0. The van der Waals surface area contributed by atoms with Crippen LogP contribution in [0.3, 0.4) is 0 Å². The first-order chi connectivity index (χ1) is 31.0. The quantitative estimate of drug-likeness (QED) is 0.0262. The minimum Gasteiger partial charge on any atom is -0.462 e. The van der Waals surface area contributed by atoms with Crippen molar-refractivity contribution in [1.29, 1.82) is 0 Å². The van der Waals surface area contributed by atoms with Gasteiger partial charge in [-0.1, -0.05) is 244 Å². The Bertz CT molecular complexity index is 1020. The maximum absolute atomic E-state index is 12.8. The Morgan fingerprint density at radius 1 is 0.302 bits per heavy atom. The standard InChI is InChI=1S/C57H106O6/c1-4-7-10-13-16-19-22-24-25-26-27-28-29-30-31-33-35-38-41-44-47-50-56(59)62-53-54(52-61-55(58)49-46-43-40-37-34-21-18-15-12-9-6-3)63-57(60)51-48-45-42-39-36-32-23-20-17-14-11-8-5-2/h15,18,20,23,54H,4-14,16-17,19,21-22,24-53H2,1-3H3/b18-15-,23-20-. The summed E-state index contributed by atoms with van der Waals surface area (Å²) in [6.45, 7) is 6.61. The maximum atomic E-state index is 12.8. The number of rotatable bonds is 51. The van der Waals surface area contributed by atoms with E-state index in [1.807, 2.05) is 0 Å². The van der Waals surface area contributed by atoms with Crippen LogP contribution in [0.1, 0.15) is 303 Å². The fourth-order valence-corrected chi connectivity index (χ4v) is 8.18. The van der Waals surface area contributed by atoms with Crippen molar-refractivity contribution in [3.8, 4) is 0 Å². The molecule has 370 valence electrons. The summed E-state index contributed by atoms with van der Waals surface area (Å²) in [7, 11) is 0. The van der Waals surface area contributed by atoms with Crippen LogP contribution in [-0.4, -0.2) is 37.2 Å². The number of carbonyl (C=O) groups excluding carboxylic acids is 3. The van der Waals surface area contributed by atoms with E-state index in [1.165, 1.54) is 193 Å². The van der Waals surface area contributed by atoms with E-state index in [9.17, 15) is 14.4 Å². The van der Waals surface area contributed by atoms with Gasteiger partial charge in [0.25, 0.3) is 0 Å². The lowest BCUT2D eigenvalue weighted by molar-refractivity contribution is -0.167. The Labute approximate surface area is 392 Å². The van der Waals surface area contributed by atoms with E-state index in [0.29, 0.717) is 19.3 Å². The number of carbonyl (C=O) groups is 3. The molecule has 0 amide bonds. The lowest BCUT2D eigenvalue weighted by Crippen LogP contribution is -2.30. The Morgan fingerprint density at radius 3 is 0.857 bits per heavy atom. The van der Waals surface area contributed by atoms with Gasteiger partial charge < -0.3 is 14.2 Å². The van der Waals surface area contributed by atoms with Crippen LogP contribution < -0.4 is 0 Å². The highest BCUT2D eigenvalue weighted by Crippen LogP contribution is 2.17. The molecule has 0 aliphatic carbocycles. The van der Waals surface area contributed by atoms with Crippen molar-refractivity contribution in [2.75, 3.05) is 13.2 Å². The first-order valence-electron chi connectivity index (χ1n) is 27.8. The van der Waals surface area contributed by atoms with Crippen molar-refractivity contribution in [1.82, 2.24) is 0 Å². The van der Waals surface area contributed by atoms with E-state index in [1.54, 1.807) is 0 Å². The molecule has 0 saturated carbocycles. The Balaban J connectivity index is 4.24. The maximum Gasteiger partial charge on any atom is 0.306 e. The van der Waals surface area contributed by atoms with Gasteiger partial charge in [0.2, 0.25) is 0 Å². The molecule has 6 nitrogen and oxygen atoms in total. The van der Waals surface area contributed by atoms with Gasteiger partial charge >= 0.3 is 17.9 Å². The van der Waals surface area contributed by atoms with Crippen LogP contribution in [0.25, 0.3) is 0 Å². The average molecular weight is 887 g/mol. The third-order valence-electron chi connectivity index (χ3n) is 12.4. The van der Waals surface area contributed by atoms with Crippen molar-refractivity contribution in [2.45, 2.75) is 309 Å². The predicted octanol–water partition coefficient (Wildman–Crippen LogP) is 18.3. The zero-order valence-corrected chi connectivity index (χ0v) is 42.4. The topological polar surface area (TPSA) is 78.9 Å². The van der Waals surface area contributed by atoms with Gasteiger partial charge in [-0.25, -0.2) is 0 Å². The molecule has 1 atom stereocenters. The van der Waals surface area contributed by atoms with E-state index in [-0.39, 0.29) is 31.1 Å². The molecule has 0 aliphatic rings. The predicted molar refractivity (Wildman–Crippen MR) is 270 cm³/mol. The van der Waals surface area contributed by atoms with Gasteiger partial charge in [-0.3, -0.25) is 14.4 Å². The van der Waals surface area contributed by atoms with E-state index in [2.05, 4.69) is 45.1 Å². The highest BCUT2D eigenvalue weighted by atomic mass is 16.6. The second-order valence-electron chi connectivity index (χ2n) is 18.8. The van der Waals surface area contributed by atoms with Crippen LogP contribution >= 0.6 is 0 Å². The van der Waals surface area contributed by atoms with Crippen LogP contribution in [0.2, 0.25) is 0 Å². The SMILES string of the molecule is CCCC/C=C\CCCCCCCC(=O)OCC(COC(=O)CCCCCCCCCCCCCCCCCCCCCCC)OC(=O)CCCCCCC/C=C\CCCCCC. The van der Waals surface area contributed by atoms with Gasteiger partial charge in [0.05, 0.1) is 0 Å². The van der Waals surface area contributed by atoms with Gasteiger partial charge in [0, 0.05) is 19.3 Å². The van der Waals surface area contributed by atoms with Crippen molar-refractivity contribution in [3.05, 3.63) is 24.3 Å². The molecule has 1 unspecified atom stereocenters. The summed E-state index contributed by atoms with van der Waals surface area (Å²) in [4.78, 5) is 38.0. The molecule has 0 aromatic rings. The molecule has 0 N–H and O–H groups in total. The van der Waals surface area contributed by atoms with E-state index in [0.717, 1.165) is 70.6 Å². The van der Waals surface area contributed by atoms with Crippen LogP contribution in [0.15, 0.2) is 24.3 Å². The summed E-state index contributed by atoms with van der Waals surface area (Å²) in [5.74, 6) is -0.877. The molecular formula is C57H106O6. The number of unbranched alkanes of at least 4 members (excludes halogenated alkanes) is 36. The molecular weight excluding hydrogens is 781 g/mol. The molecule has 0 aromatic carbocycles. The second kappa shape index (κ2) is 52.5. The number of ether oxygens (including phenoxy) is 3. The van der Waals surface area contributed by atoms with Crippen LogP contribution in [0.4, 0.5) is 0 Å². The van der Waals surface area contributed by atoms with Crippen LogP contribution in [0.5, 0.6) is 0 Å². The first kappa shape index (κ1) is 60.9. The highest BCUT2D eigenvalue weighted by molar-refractivity contribution is 5.71. The Morgan fingerprint density at radius 2 is 0.540 bits per heavy atom. The zero-order valence-electron chi connectivity index (χ0n) is 42.4. The largest absolute Gasteiger partial charge is 0.462 e. The number of hydrogen-bond donors (Lipinski definition) is 0. The minimum atomic E-state index is -0.774. The van der Waals surface area contributed by atoms with Crippen molar-refractivity contribution >= 4 is 17.9 Å². The summed E-state index contributed by atoms with van der Waals surface area (Å²) >= 11 is 0. The van der Waals surface area contributed by atoms with Crippen molar-refractivity contribution in [2.24, 2.45) is 0 Å². The molecule has 0 rings (SSSR count). The average Bonchev–Trinajstić information content (AvgIpc) is 3.28. The van der Waals surface area contributed by atoms with Crippen LogP contribution in [0, 0.1) is 0 Å². The molecule has 0 fully saturated rings. The summed E-state index contributed by atoms with van der Waals surface area (Å²) in [6, 6.07) is 0. The summed E-state index contributed by atoms with van der Waals surface area (Å²) in [5, 5.41) is 0. The van der Waals surface area contributed by atoms with E-state index < -0.39 is 6.10 Å². The van der Waals surface area contributed by atoms with Gasteiger partial charge in [0.15, 0.2) is 6.10 Å². The number of esters is 3. The van der Waals surface area contributed by atoms with Gasteiger partial charge in [-0.15, -0.1) is 0 Å². The second-order valence-corrected chi connectivity index (χ2v) is 18.8. The zero-order chi connectivity index (χ0) is 45.8. The molecule has 0 heterocycles. The molecule has 0 aromatic heterocycles. The molecule has 6 heteroatoms. The van der Waals surface area contributed by atoms with Gasteiger partial charge in [0.1, 0.15) is 13.2 Å². The first-order valence-corrected chi connectivity index (χ1v) is 27.8. The molecule has 0 saturated heterocycles. The third kappa shape index (κ3) is 50.7. The highest BCUT2D eigenvalue weighted by Gasteiger charge is 2.19. The van der Waals surface area contributed by atoms with Crippen LogP contribution in [-0.2, 0) is 28.6 Å². The molecule has 0 aliphatic heterocycles. The summed E-state index contributed by atoms with van der Waals surface area (Å²) < 4.78 is 16.8. The third-order valence-corrected chi connectivity index (χ3v) is 12.4. The van der Waals surface area contributed by atoms with E-state index in [4.69, 9.17) is 14.2 Å². The number of allylic oxidation sites excluding steroid dienone is 4. The van der Waals surface area contributed by atoms with Gasteiger partial charge in [-0.05, 0) is 64.2 Å².